The van der Waals surface area contributed by atoms with Gasteiger partial charge >= 0.3 is 0 Å². The molecular formula is C15H19N5OS2. The summed E-state index contributed by atoms with van der Waals surface area (Å²) in [4.78, 5) is 20.8. The molecule has 0 spiro atoms. The maximum atomic E-state index is 12.3. The number of carbonyl (C=O) groups excluding carboxylic acids is 1. The van der Waals surface area contributed by atoms with Crippen molar-refractivity contribution in [2.24, 2.45) is 0 Å². The number of anilines is 1. The van der Waals surface area contributed by atoms with Crippen molar-refractivity contribution in [2.75, 3.05) is 36.8 Å². The zero-order chi connectivity index (χ0) is 16.1. The first-order chi connectivity index (χ1) is 11.2. The van der Waals surface area contributed by atoms with E-state index in [-0.39, 0.29) is 5.91 Å². The molecule has 2 aromatic heterocycles. The van der Waals surface area contributed by atoms with E-state index in [1.807, 2.05) is 30.0 Å². The summed E-state index contributed by atoms with van der Waals surface area (Å²) in [6, 6.07) is 5.92. The molecule has 0 bridgehead atoms. The fourth-order valence-electron chi connectivity index (χ4n) is 2.43. The Kier molecular flexibility index (Phi) is 5.45. The summed E-state index contributed by atoms with van der Waals surface area (Å²) in [6.45, 7) is 5.14. The molecule has 2 aromatic rings. The van der Waals surface area contributed by atoms with Crippen molar-refractivity contribution in [3.63, 3.8) is 0 Å². The van der Waals surface area contributed by atoms with Crippen LogP contribution in [0.25, 0.3) is 0 Å². The van der Waals surface area contributed by atoms with Crippen LogP contribution in [0.3, 0.4) is 0 Å². The van der Waals surface area contributed by atoms with Crippen LogP contribution in [0.2, 0.25) is 0 Å². The SMILES string of the molecule is Cc1nsnc1CSCC(=O)N1CCN(c2ccccn2)CC1. The lowest BCUT2D eigenvalue weighted by Gasteiger charge is -2.35. The average Bonchev–Trinajstić information content (AvgIpc) is 3.01. The Morgan fingerprint density at radius 3 is 2.74 bits per heavy atom. The van der Waals surface area contributed by atoms with Gasteiger partial charge in [0.2, 0.25) is 5.91 Å². The Morgan fingerprint density at radius 2 is 2.09 bits per heavy atom. The van der Waals surface area contributed by atoms with Gasteiger partial charge in [0.15, 0.2) is 0 Å². The monoisotopic (exact) mass is 349 g/mol. The molecule has 1 aliphatic rings. The molecule has 23 heavy (non-hydrogen) atoms. The Balaban J connectivity index is 1.42. The molecule has 1 fully saturated rings. The van der Waals surface area contributed by atoms with Crippen LogP contribution in [-0.4, -0.2) is 56.5 Å². The van der Waals surface area contributed by atoms with E-state index in [0.717, 1.165) is 49.1 Å². The van der Waals surface area contributed by atoms with Crippen LogP contribution < -0.4 is 4.90 Å². The summed E-state index contributed by atoms with van der Waals surface area (Å²) in [6.07, 6.45) is 1.80. The number of nitrogens with zero attached hydrogens (tertiary/aromatic N) is 5. The predicted octanol–water partition coefficient (Wildman–Crippen LogP) is 1.82. The Morgan fingerprint density at radius 1 is 1.26 bits per heavy atom. The molecule has 0 aliphatic carbocycles. The molecule has 6 nitrogen and oxygen atoms in total. The second kappa shape index (κ2) is 7.74. The minimum atomic E-state index is 0.205. The molecule has 0 unspecified atom stereocenters. The fourth-order valence-corrected chi connectivity index (χ4v) is 4.00. The number of carbonyl (C=O) groups is 1. The number of rotatable bonds is 5. The second-order valence-electron chi connectivity index (χ2n) is 5.34. The molecule has 1 saturated heterocycles. The van der Waals surface area contributed by atoms with Crippen molar-refractivity contribution in [1.29, 1.82) is 0 Å². The van der Waals surface area contributed by atoms with Gasteiger partial charge in [0.1, 0.15) is 5.82 Å². The van der Waals surface area contributed by atoms with Crippen molar-refractivity contribution < 1.29 is 4.79 Å². The predicted molar refractivity (Wildman–Crippen MR) is 93.8 cm³/mol. The third-order valence-corrected chi connectivity index (χ3v) is 5.40. The number of thioether (sulfide) groups is 1. The van der Waals surface area contributed by atoms with E-state index in [1.165, 1.54) is 11.7 Å². The lowest BCUT2D eigenvalue weighted by atomic mass is 10.3. The maximum absolute atomic E-state index is 12.3. The van der Waals surface area contributed by atoms with Crippen LogP contribution in [0.1, 0.15) is 11.4 Å². The molecule has 1 amide bonds. The third-order valence-electron chi connectivity index (χ3n) is 3.82. The van der Waals surface area contributed by atoms with Gasteiger partial charge in [0.05, 0.1) is 28.9 Å². The molecule has 0 atom stereocenters. The summed E-state index contributed by atoms with van der Waals surface area (Å²) < 4.78 is 8.39. The minimum absolute atomic E-state index is 0.205. The van der Waals surface area contributed by atoms with E-state index in [0.29, 0.717) is 5.75 Å². The van der Waals surface area contributed by atoms with E-state index < -0.39 is 0 Å². The zero-order valence-electron chi connectivity index (χ0n) is 13.0. The molecule has 0 radical (unpaired) electrons. The Bertz CT molecular complexity index is 640. The van der Waals surface area contributed by atoms with Gasteiger partial charge in [-0.05, 0) is 19.1 Å². The van der Waals surface area contributed by atoms with E-state index in [2.05, 4.69) is 18.6 Å². The molecule has 8 heteroatoms. The zero-order valence-corrected chi connectivity index (χ0v) is 14.6. The smallest absolute Gasteiger partial charge is 0.232 e. The third kappa shape index (κ3) is 4.20. The van der Waals surface area contributed by atoms with Crippen molar-refractivity contribution in [3.05, 3.63) is 35.8 Å². The van der Waals surface area contributed by atoms with Crippen LogP contribution in [0.15, 0.2) is 24.4 Å². The van der Waals surface area contributed by atoms with Gasteiger partial charge in [-0.2, -0.15) is 8.75 Å². The van der Waals surface area contributed by atoms with Crippen LogP contribution in [0, 0.1) is 6.92 Å². The maximum Gasteiger partial charge on any atom is 0.232 e. The van der Waals surface area contributed by atoms with Gasteiger partial charge in [-0.25, -0.2) is 4.98 Å². The number of hydrogen-bond acceptors (Lipinski definition) is 7. The normalized spacial score (nSPS) is 15.0. The highest BCUT2D eigenvalue weighted by Crippen LogP contribution is 2.16. The number of pyridine rings is 1. The fraction of sp³-hybridized carbons (Fsp3) is 0.467. The molecule has 122 valence electrons. The lowest BCUT2D eigenvalue weighted by molar-refractivity contribution is -0.128. The summed E-state index contributed by atoms with van der Waals surface area (Å²) in [7, 11) is 0. The van der Waals surface area contributed by atoms with Crippen LogP contribution in [0.4, 0.5) is 5.82 Å². The number of amides is 1. The van der Waals surface area contributed by atoms with E-state index in [1.54, 1.807) is 18.0 Å². The molecule has 0 N–H and O–H groups in total. The quantitative estimate of drug-likeness (QED) is 0.821. The molecular weight excluding hydrogens is 330 g/mol. The van der Waals surface area contributed by atoms with Crippen molar-refractivity contribution in [2.45, 2.75) is 12.7 Å². The first kappa shape index (κ1) is 16.2. The molecule has 0 saturated carbocycles. The van der Waals surface area contributed by atoms with Gasteiger partial charge in [0.25, 0.3) is 0 Å². The summed E-state index contributed by atoms with van der Waals surface area (Å²) in [5.41, 5.74) is 1.96. The standard InChI is InChI=1S/C15H19N5OS2/c1-12-13(18-23-17-12)10-22-11-15(21)20-8-6-19(7-9-20)14-4-2-3-5-16-14/h2-5H,6-11H2,1H3. The van der Waals surface area contributed by atoms with Gasteiger partial charge in [-0.3, -0.25) is 4.79 Å². The highest BCUT2D eigenvalue weighted by molar-refractivity contribution is 7.99. The van der Waals surface area contributed by atoms with Crippen LogP contribution in [-0.2, 0) is 10.5 Å². The molecule has 3 heterocycles. The highest BCUT2D eigenvalue weighted by Gasteiger charge is 2.21. The minimum Gasteiger partial charge on any atom is -0.353 e. The first-order valence-electron chi connectivity index (χ1n) is 7.53. The Hall–Kier alpha value is -1.67. The van der Waals surface area contributed by atoms with E-state index in [9.17, 15) is 4.79 Å². The van der Waals surface area contributed by atoms with E-state index >= 15 is 0 Å². The molecule has 1 aliphatic heterocycles. The van der Waals surface area contributed by atoms with E-state index in [4.69, 9.17) is 0 Å². The molecule has 3 rings (SSSR count). The number of aryl methyl sites for hydroxylation is 1. The Labute approximate surface area is 144 Å². The van der Waals surface area contributed by atoms with Gasteiger partial charge in [0, 0.05) is 38.1 Å². The summed E-state index contributed by atoms with van der Waals surface area (Å²) >= 11 is 2.84. The number of aromatic nitrogens is 3. The second-order valence-corrected chi connectivity index (χ2v) is 6.86. The number of piperazine rings is 1. The van der Waals surface area contributed by atoms with Crippen LogP contribution >= 0.6 is 23.5 Å². The summed E-state index contributed by atoms with van der Waals surface area (Å²) in [5, 5.41) is 0. The van der Waals surface area contributed by atoms with Crippen LogP contribution in [0.5, 0.6) is 0 Å². The largest absolute Gasteiger partial charge is 0.353 e. The highest BCUT2D eigenvalue weighted by atomic mass is 32.2. The lowest BCUT2D eigenvalue weighted by Crippen LogP contribution is -2.49. The number of hydrogen-bond donors (Lipinski definition) is 0. The van der Waals surface area contributed by atoms with Crippen molar-refractivity contribution in [3.8, 4) is 0 Å². The molecule has 0 aromatic carbocycles. The van der Waals surface area contributed by atoms with Gasteiger partial charge in [-0.15, -0.1) is 11.8 Å². The first-order valence-corrected chi connectivity index (χ1v) is 9.42. The summed E-state index contributed by atoms with van der Waals surface area (Å²) in [5.74, 6) is 2.44. The van der Waals surface area contributed by atoms with Crippen molar-refractivity contribution in [1.82, 2.24) is 18.6 Å². The van der Waals surface area contributed by atoms with Crippen molar-refractivity contribution >= 4 is 35.2 Å². The topological polar surface area (TPSA) is 62.2 Å². The van der Waals surface area contributed by atoms with Gasteiger partial charge < -0.3 is 9.80 Å². The van der Waals surface area contributed by atoms with Gasteiger partial charge in [-0.1, -0.05) is 6.07 Å². The average molecular weight is 349 g/mol.